The van der Waals surface area contributed by atoms with Crippen LogP contribution in [-0.4, -0.2) is 86.4 Å². The first-order chi connectivity index (χ1) is 16.5. The predicted molar refractivity (Wildman–Crippen MR) is 127 cm³/mol. The number of hydrogen-bond donors (Lipinski definition) is 2. The maximum Gasteiger partial charge on any atom is 0.274 e. The summed E-state index contributed by atoms with van der Waals surface area (Å²) in [5.74, 6) is 0.643. The second-order valence-corrected chi connectivity index (χ2v) is 8.96. The van der Waals surface area contributed by atoms with Crippen molar-refractivity contribution < 1.29 is 9.59 Å². The highest BCUT2D eigenvalue weighted by atomic mass is 16.2. The number of carbonyl (C=O) groups is 2. The molecule has 0 spiro atoms. The number of amides is 2. The molecule has 5 rings (SSSR count). The molecule has 178 valence electrons. The Morgan fingerprint density at radius 1 is 1.06 bits per heavy atom. The van der Waals surface area contributed by atoms with E-state index in [1.54, 1.807) is 30.1 Å². The number of nitrogens with zero attached hydrogens (tertiary/aromatic N) is 7. The van der Waals surface area contributed by atoms with Gasteiger partial charge in [-0.2, -0.15) is 4.98 Å². The fraction of sp³-hybridized carbons (Fsp3) is 0.478. The normalized spacial score (nSPS) is 16.7. The summed E-state index contributed by atoms with van der Waals surface area (Å²) in [5.41, 5.74) is 1.67. The first-order valence-corrected chi connectivity index (χ1v) is 11.7. The van der Waals surface area contributed by atoms with Crippen molar-refractivity contribution in [1.29, 1.82) is 0 Å². The molecule has 1 saturated heterocycles. The predicted octanol–water partition coefficient (Wildman–Crippen LogP) is 1.83. The van der Waals surface area contributed by atoms with Crippen LogP contribution in [0.15, 0.2) is 24.7 Å². The van der Waals surface area contributed by atoms with E-state index in [9.17, 15) is 9.59 Å². The summed E-state index contributed by atoms with van der Waals surface area (Å²) in [7, 11) is 3.51. The molecule has 4 heterocycles. The van der Waals surface area contributed by atoms with Crippen molar-refractivity contribution in [2.24, 2.45) is 0 Å². The van der Waals surface area contributed by atoms with Gasteiger partial charge >= 0.3 is 0 Å². The van der Waals surface area contributed by atoms with E-state index >= 15 is 0 Å². The van der Waals surface area contributed by atoms with E-state index in [1.807, 2.05) is 6.07 Å². The number of nitrogens with one attached hydrogen (secondary N) is 2. The van der Waals surface area contributed by atoms with E-state index in [4.69, 9.17) is 4.98 Å². The van der Waals surface area contributed by atoms with Crippen LogP contribution in [0.1, 0.15) is 52.7 Å². The zero-order valence-electron chi connectivity index (χ0n) is 19.5. The van der Waals surface area contributed by atoms with Crippen LogP contribution in [-0.2, 0) is 0 Å². The topological polar surface area (TPSA) is 121 Å². The molecule has 3 aromatic rings. The lowest BCUT2D eigenvalue weighted by Crippen LogP contribution is -2.46. The van der Waals surface area contributed by atoms with E-state index in [1.165, 1.54) is 12.4 Å². The highest BCUT2D eigenvalue weighted by Gasteiger charge is 2.26. The monoisotopic (exact) mass is 463 g/mol. The van der Waals surface area contributed by atoms with E-state index < -0.39 is 0 Å². The molecule has 2 fully saturated rings. The lowest BCUT2D eigenvalue weighted by Gasteiger charge is -2.26. The van der Waals surface area contributed by atoms with Crippen molar-refractivity contribution in [2.75, 3.05) is 45.6 Å². The highest BCUT2D eigenvalue weighted by molar-refractivity contribution is 5.98. The van der Waals surface area contributed by atoms with Crippen LogP contribution in [0.3, 0.4) is 0 Å². The van der Waals surface area contributed by atoms with Gasteiger partial charge in [0.05, 0.1) is 12.4 Å². The molecule has 0 atom stereocenters. The van der Waals surface area contributed by atoms with Crippen LogP contribution < -0.4 is 10.6 Å². The molecule has 1 aliphatic heterocycles. The Morgan fingerprint density at radius 2 is 1.82 bits per heavy atom. The molecule has 2 amide bonds. The van der Waals surface area contributed by atoms with Crippen LogP contribution in [0.4, 0.5) is 11.8 Å². The maximum atomic E-state index is 12.9. The van der Waals surface area contributed by atoms with E-state index in [0.29, 0.717) is 36.2 Å². The van der Waals surface area contributed by atoms with Gasteiger partial charge in [0.25, 0.3) is 11.8 Å². The van der Waals surface area contributed by atoms with Gasteiger partial charge in [0.15, 0.2) is 5.82 Å². The number of rotatable bonds is 5. The molecule has 11 heteroatoms. The van der Waals surface area contributed by atoms with Gasteiger partial charge in [-0.25, -0.2) is 15.0 Å². The smallest absolute Gasteiger partial charge is 0.274 e. The van der Waals surface area contributed by atoms with Gasteiger partial charge in [0.2, 0.25) is 5.95 Å². The van der Waals surface area contributed by atoms with Crippen molar-refractivity contribution in [3.8, 4) is 0 Å². The third-order valence-electron chi connectivity index (χ3n) is 6.41. The molecule has 3 aromatic heterocycles. The summed E-state index contributed by atoms with van der Waals surface area (Å²) in [6, 6.07) is 2.12. The molecule has 1 saturated carbocycles. The maximum absolute atomic E-state index is 12.9. The summed E-state index contributed by atoms with van der Waals surface area (Å²) >= 11 is 0. The third-order valence-corrected chi connectivity index (χ3v) is 6.41. The van der Waals surface area contributed by atoms with Gasteiger partial charge < -0.3 is 25.0 Å². The molecule has 0 aromatic carbocycles. The number of hydrogen-bond acceptors (Lipinski definition) is 8. The fourth-order valence-electron chi connectivity index (χ4n) is 4.64. The fourth-order valence-corrected chi connectivity index (χ4v) is 4.64. The van der Waals surface area contributed by atoms with Gasteiger partial charge in [-0.1, -0.05) is 12.8 Å². The van der Waals surface area contributed by atoms with Crippen LogP contribution in [0.5, 0.6) is 0 Å². The summed E-state index contributed by atoms with van der Waals surface area (Å²) < 4.78 is 2.07. The molecule has 0 radical (unpaired) electrons. The van der Waals surface area contributed by atoms with E-state index in [0.717, 1.165) is 49.8 Å². The zero-order valence-corrected chi connectivity index (χ0v) is 19.5. The Hall–Kier alpha value is -3.60. The Balaban J connectivity index is 1.40. The van der Waals surface area contributed by atoms with Crippen LogP contribution in [0, 0.1) is 0 Å². The minimum atomic E-state index is -0.120. The molecule has 0 bridgehead atoms. The number of fused-ring (bicyclic) bond motifs is 1. The van der Waals surface area contributed by atoms with Crippen LogP contribution in [0.25, 0.3) is 11.0 Å². The van der Waals surface area contributed by atoms with E-state index in [-0.39, 0.29) is 17.9 Å². The molecular formula is C23H29N9O2. The number of carbonyl (C=O) groups excluding carboxylic acids is 2. The first-order valence-electron chi connectivity index (χ1n) is 11.7. The van der Waals surface area contributed by atoms with Crippen molar-refractivity contribution in [1.82, 2.24) is 39.6 Å². The molecule has 1 aliphatic carbocycles. The van der Waals surface area contributed by atoms with Crippen LogP contribution >= 0.6 is 0 Å². The highest BCUT2D eigenvalue weighted by Crippen LogP contribution is 2.34. The van der Waals surface area contributed by atoms with E-state index in [2.05, 4.69) is 30.2 Å². The van der Waals surface area contributed by atoms with Crippen molar-refractivity contribution >= 4 is 34.6 Å². The second-order valence-electron chi connectivity index (χ2n) is 8.96. The molecule has 2 N–H and O–H groups in total. The molecule has 11 nitrogen and oxygen atoms in total. The van der Waals surface area contributed by atoms with Gasteiger partial charge in [0, 0.05) is 57.9 Å². The largest absolute Gasteiger partial charge is 0.343 e. The van der Waals surface area contributed by atoms with Crippen LogP contribution in [0.2, 0.25) is 0 Å². The number of piperazine rings is 1. The Bertz CT molecular complexity index is 1190. The standard InChI is InChI=1S/C23H29N9O2/c1-30(2)22(34)18-11-15-12-27-23(29-20(15)32(18)16-5-3-4-6-16)28-19-14-25-17(13-26-19)21(33)31-9-7-24-8-10-31/h11-14,16,24H,3-10H2,1-2H3,(H,26,27,28,29). The summed E-state index contributed by atoms with van der Waals surface area (Å²) in [6.45, 7) is 2.88. The average molecular weight is 464 g/mol. The summed E-state index contributed by atoms with van der Waals surface area (Å²) in [5, 5.41) is 7.13. The first kappa shape index (κ1) is 22.2. The lowest BCUT2D eigenvalue weighted by atomic mass is 10.2. The zero-order chi connectivity index (χ0) is 23.7. The second kappa shape index (κ2) is 9.34. The Morgan fingerprint density at radius 3 is 2.50 bits per heavy atom. The average Bonchev–Trinajstić information content (AvgIpc) is 3.51. The van der Waals surface area contributed by atoms with Crippen molar-refractivity contribution in [3.63, 3.8) is 0 Å². The Labute approximate surface area is 197 Å². The quantitative estimate of drug-likeness (QED) is 0.588. The molecular weight excluding hydrogens is 434 g/mol. The van der Waals surface area contributed by atoms with Gasteiger partial charge in [0.1, 0.15) is 17.0 Å². The third kappa shape index (κ3) is 4.30. The minimum Gasteiger partial charge on any atom is -0.343 e. The van der Waals surface area contributed by atoms with Gasteiger partial charge in [-0.3, -0.25) is 9.59 Å². The van der Waals surface area contributed by atoms with Gasteiger partial charge in [-0.05, 0) is 18.9 Å². The molecule has 34 heavy (non-hydrogen) atoms. The Kier molecular flexibility index (Phi) is 6.10. The molecule has 2 aliphatic rings. The van der Waals surface area contributed by atoms with Crippen molar-refractivity contribution in [3.05, 3.63) is 36.0 Å². The lowest BCUT2D eigenvalue weighted by molar-refractivity contribution is 0.0729. The molecule has 0 unspecified atom stereocenters. The number of anilines is 2. The SMILES string of the molecule is CN(C)C(=O)c1cc2cnc(Nc3cnc(C(=O)N4CCNCC4)cn3)nc2n1C1CCCC1. The van der Waals surface area contributed by atoms with Gasteiger partial charge in [-0.15, -0.1) is 0 Å². The van der Waals surface area contributed by atoms with Crippen molar-refractivity contribution in [2.45, 2.75) is 31.7 Å². The summed E-state index contributed by atoms with van der Waals surface area (Å²) in [4.78, 5) is 46.6. The minimum absolute atomic E-state index is 0.0463. The number of aromatic nitrogens is 5. The summed E-state index contributed by atoms with van der Waals surface area (Å²) in [6.07, 6.45) is 9.05.